The molecule has 1 heterocycles. The van der Waals surface area contributed by atoms with Crippen molar-refractivity contribution in [3.63, 3.8) is 0 Å². The third-order valence-electron chi connectivity index (χ3n) is 2.79. The van der Waals surface area contributed by atoms with E-state index in [1.807, 2.05) is 19.9 Å². The smallest absolute Gasteiger partial charge is 0.103 e. The second-order valence-electron chi connectivity index (χ2n) is 4.04. The number of rotatable bonds is 4. The molecule has 0 saturated heterocycles. The predicted octanol–water partition coefficient (Wildman–Crippen LogP) is 3.17. The van der Waals surface area contributed by atoms with Crippen molar-refractivity contribution in [1.82, 2.24) is 4.98 Å². The lowest BCUT2D eigenvalue weighted by molar-refractivity contribution is 0.671. The maximum absolute atomic E-state index is 9.12. The second kappa shape index (κ2) is 5.50. The van der Waals surface area contributed by atoms with E-state index in [9.17, 15) is 0 Å². The minimum absolute atomic E-state index is 0.424. The lowest BCUT2D eigenvalue weighted by Crippen LogP contribution is -2.18. The SMILES string of the molecule is CCC(CC)Nc1cc(C)nc(C)c1C#N. The third-order valence-corrected chi connectivity index (χ3v) is 2.79. The summed E-state index contributed by atoms with van der Waals surface area (Å²) in [6, 6.07) is 4.59. The van der Waals surface area contributed by atoms with Gasteiger partial charge in [-0.2, -0.15) is 5.26 Å². The first-order valence-corrected chi connectivity index (χ1v) is 5.77. The average molecular weight is 217 g/mol. The van der Waals surface area contributed by atoms with E-state index in [-0.39, 0.29) is 0 Å². The third kappa shape index (κ3) is 2.73. The summed E-state index contributed by atoms with van der Waals surface area (Å²) in [7, 11) is 0. The van der Waals surface area contributed by atoms with Crippen molar-refractivity contribution in [2.24, 2.45) is 0 Å². The van der Waals surface area contributed by atoms with E-state index in [1.54, 1.807) is 0 Å². The number of nitriles is 1. The van der Waals surface area contributed by atoms with Gasteiger partial charge in [-0.1, -0.05) is 13.8 Å². The minimum Gasteiger partial charge on any atom is -0.381 e. The van der Waals surface area contributed by atoms with Gasteiger partial charge >= 0.3 is 0 Å². The van der Waals surface area contributed by atoms with Gasteiger partial charge in [0.05, 0.1) is 16.9 Å². The van der Waals surface area contributed by atoms with Crippen LogP contribution < -0.4 is 5.32 Å². The van der Waals surface area contributed by atoms with E-state index < -0.39 is 0 Å². The zero-order valence-electron chi connectivity index (χ0n) is 10.5. The number of aromatic nitrogens is 1. The van der Waals surface area contributed by atoms with Gasteiger partial charge < -0.3 is 5.32 Å². The van der Waals surface area contributed by atoms with Gasteiger partial charge in [-0.3, -0.25) is 4.98 Å². The summed E-state index contributed by atoms with van der Waals surface area (Å²) in [5.74, 6) is 0. The first kappa shape index (κ1) is 12.5. The number of hydrogen-bond donors (Lipinski definition) is 1. The van der Waals surface area contributed by atoms with E-state index >= 15 is 0 Å². The summed E-state index contributed by atoms with van der Waals surface area (Å²) in [4.78, 5) is 4.30. The monoisotopic (exact) mass is 217 g/mol. The Kier molecular flexibility index (Phi) is 4.30. The lowest BCUT2D eigenvalue weighted by atomic mass is 10.1. The summed E-state index contributed by atoms with van der Waals surface area (Å²) < 4.78 is 0. The number of aryl methyl sites for hydroxylation is 2. The first-order chi connectivity index (χ1) is 7.62. The fourth-order valence-corrected chi connectivity index (χ4v) is 1.80. The second-order valence-corrected chi connectivity index (χ2v) is 4.04. The van der Waals surface area contributed by atoms with Crippen molar-refractivity contribution in [2.75, 3.05) is 5.32 Å². The van der Waals surface area contributed by atoms with Crippen LogP contribution in [-0.2, 0) is 0 Å². The van der Waals surface area contributed by atoms with Crippen LogP contribution in [0, 0.1) is 25.2 Å². The molecular formula is C13H19N3. The van der Waals surface area contributed by atoms with Gasteiger partial charge in [-0.15, -0.1) is 0 Å². The highest BCUT2D eigenvalue weighted by Crippen LogP contribution is 2.20. The van der Waals surface area contributed by atoms with Crippen LogP contribution >= 0.6 is 0 Å². The lowest BCUT2D eigenvalue weighted by Gasteiger charge is -2.18. The van der Waals surface area contributed by atoms with E-state index in [2.05, 4.69) is 30.2 Å². The minimum atomic E-state index is 0.424. The Hall–Kier alpha value is -1.56. The Balaban J connectivity index is 3.07. The Morgan fingerprint density at radius 2 is 2.00 bits per heavy atom. The fourth-order valence-electron chi connectivity index (χ4n) is 1.80. The molecule has 1 rings (SSSR count). The van der Waals surface area contributed by atoms with E-state index in [0.717, 1.165) is 29.9 Å². The van der Waals surface area contributed by atoms with Crippen LogP contribution in [0.4, 0.5) is 5.69 Å². The van der Waals surface area contributed by atoms with Gasteiger partial charge in [-0.05, 0) is 32.8 Å². The summed E-state index contributed by atoms with van der Waals surface area (Å²) >= 11 is 0. The summed E-state index contributed by atoms with van der Waals surface area (Å²) in [6.07, 6.45) is 2.11. The van der Waals surface area contributed by atoms with Crippen LogP contribution in [-0.4, -0.2) is 11.0 Å². The molecular weight excluding hydrogens is 198 g/mol. The fraction of sp³-hybridized carbons (Fsp3) is 0.538. The molecule has 0 aliphatic carbocycles. The number of nitrogens with one attached hydrogen (secondary N) is 1. The van der Waals surface area contributed by atoms with E-state index in [1.165, 1.54) is 0 Å². The van der Waals surface area contributed by atoms with Crippen molar-refractivity contribution in [1.29, 1.82) is 5.26 Å². The van der Waals surface area contributed by atoms with E-state index in [4.69, 9.17) is 5.26 Å². The molecule has 1 N–H and O–H groups in total. The molecule has 3 heteroatoms. The number of hydrogen-bond acceptors (Lipinski definition) is 3. The molecule has 0 spiro atoms. The highest BCUT2D eigenvalue weighted by molar-refractivity contribution is 5.60. The molecule has 3 nitrogen and oxygen atoms in total. The molecule has 1 aromatic heterocycles. The Morgan fingerprint density at radius 3 is 2.50 bits per heavy atom. The van der Waals surface area contributed by atoms with Gasteiger partial charge in [0.1, 0.15) is 6.07 Å². The van der Waals surface area contributed by atoms with Gasteiger partial charge in [0, 0.05) is 11.7 Å². The molecule has 0 fully saturated rings. The van der Waals surface area contributed by atoms with Gasteiger partial charge in [0.2, 0.25) is 0 Å². The number of anilines is 1. The zero-order valence-corrected chi connectivity index (χ0v) is 10.5. The van der Waals surface area contributed by atoms with Gasteiger partial charge in [-0.25, -0.2) is 0 Å². The Labute approximate surface area is 97.5 Å². The maximum atomic E-state index is 9.12. The van der Waals surface area contributed by atoms with Gasteiger partial charge in [0.15, 0.2) is 0 Å². The largest absolute Gasteiger partial charge is 0.381 e. The Morgan fingerprint density at radius 1 is 1.38 bits per heavy atom. The summed E-state index contributed by atoms with van der Waals surface area (Å²) in [6.45, 7) is 8.12. The van der Waals surface area contributed by atoms with Crippen LogP contribution in [0.3, 0.4) is 0 Å². The normalized spacial score (nSPS) is 10.2. The molecule has 0 aliphatic heterocycles. The van der Waals surface area contributed by atoms with Crippen LogP contribution in [0.2, 0.25) is 0 Å². The van der Waals surface area contributed by atoms with E-state index in [0.29, 0.717) is 11.6 Å². The molecule has 0 unspecified atom stereocenters. The van der Waals surface area contributed by atoms with Crippen LogP contribution in [0.15, 0.2) is 6.07 Å². The molecule has 0 aliphatic rings. The van der Waals surface area contributed by atoms with Gasteiger partial charge in [0.25, 0.3) is 0 Å². The molecule has 0 radical (unpaired) electrons. The Bertz CT molecular complexity index is 400. The quantitative estimate of drug-likeness (QED) is 0.842. The number of pyridine rings is 1. The maximum Gasteiger partial charge on any atom is 0.103 e. The molecule has 0 aromatic carbocycles. The molecule has 0 saturated carbocycles. The average Bonchev–Trinajstić information content (AvgIpc) is 2.25. The zero-order chi connectivity index (χ0) is 12.1. The molecule has 0 bridgehead atoms. The van der Waals surface area contributed by atoms with Crippen molar-refractivity contribution in [2.45, 2.75) is 46.6 Å². The summed E-state index contributed by atoms with van der Waals surface area (Å²) in [5, 5.41) is 12.5. The molecule has 0 atom stereocenters. The van der Waals surface area contributed by atoms with Crippen LogP contribution in [0.5, 0.6) is 0 Å². The van der Waals surface area contributed by atoms with Crippen molar-refractivity contribution in [3.8, 4) is 6.07 Å². The molecule has 0 amide bonds. The molecule has 1 aromatic rings. The van der Waals surface area contributed by atoms with Crippen molar-refractivity contribution < 1.29 is 0 Å². The topological polar surface area (TPSA) is 48.7 Å². The molecule has 86 valence electrons. The number of nitrogens with zero attached hydrogens (tertiary/aromatic N) is 2. The first-order valence-electron chi connectivity index (χ1n) is 5.77. The van der Waals surface area contributed by atoms with Crippen molar-refractivity contribution in [3.05, 3.63) is 23.0 Å². The summed E-state index contributed by atoms with van der Waals surface area (Å²) in [5.41, 5.74) is 3.33. The standard InChI is InChI=1S/C13H19N3/c1-5-11(6-2)16-13-7-9(3)15-10(4)12(13)8-14/h7,11H,5-6H2,1-4H3,(H,15,16). The highest BCUT2D eigenvalue weighted by atomic mass is 14.9. The van der Waals surface area contributed by atoms with Crippen molar-refractivity contribution >= 4 is 5.69 Å². The molecule has 16 heavy (non-hydrogen) atoms. The van der Waals surface area contributed by atoms with Crippen LogP contribution in [0.25, 0.3) is 0 Å². The van der Waals surface area contributed by atoms with Crippen LogP contribution in [0.1, 0.15) is 43.6 Å². The predicted molar refractivity (Wildman–Crippen MR) is 66.4 cm³/mol. The highest BCUT2D eigenvalue weighted by Gasteiger charge is 2.10.